The Bertz CT molecular complexity index is 623. The van der Waals surface area contributed by atoms with Crippen molar-refractivity contribution in [2.75, 3.05) is 26.2 Å². The Hall–Kier alpha value is -0.690. The molecule has 2 fully saturated rings. The lowest BCUT2D eigenvalue weighted by molar-refractivity contribution is 0.158. The number of benzene rings is 1. The first kappa shape index (κ1) is 14.3. The summed E-state index contributed by atoms with van der Waals surface area (Å²) < 4.78 is 40.5. The first-order chi connectivity index (χ1) is 9.50. The van der Waals surface area contributed by atoms with E-state index in [-0.39, 0.29) is 16.0 Å². The standard InChI is InChI=1S/C13H16ClFN2O2S/c14-11-4-1-5-12(13(11)15)20(18,19)17-8-7-16-6-2-3-10(16)9-17/h1,4-5,10H,2-3,6-9H2/t10-/m1/s1. The van der Waals surface area contributed by atoms with Crippen molar-refractivity contribution in [1.82, 2.24) is 9.21 Å². The Morgan fingerprint density at radius 2 is 2.05 bits per heavy atom. The maximum absolute atomic E-state index is 14.0. The Morgan fingerprint density at radius 1 is 1.25 bits per heavy atom. The van der Waals surface area contributed by atoms with Crippen LogP contribution in [0.5, 0.6) is 0 Å². The van der Waals surface area contributed by atoms with Crippen LogP contribution in [0.1, 0.15) is 12.8 Å². The smallest absolute Gasteiger partial charge is 0.246 e. The molecule has 110 valence electrons. The fourth-order valence-corrected chi connectivity index (χ4v) is 4.79. The topological polar surface area (TPSA) is 40.6 Å². The van der Waals surface area contributed by atoms with Crippen LogP contribution >= 0.6 is 11.6 Å². The van der Waals surface area contributed by atoms with Crippen molar-refractivity contribution in [1.29, 1.82) is 0 Å². The molecule has 2 heterocycles. The van der Waals surface area contributed by atoms with Crippen LogP contribution in [0.15, 0.2) is 23.1 Å². The van der Waals surface area contributed by atoms with Crippen molar-refractivity contribution >= 4 is 21.6 Å². The number of sulfonamides is 1. The number of hydrogen-bond donors (Lipinski definition) is 0. The molecule has 2 saturated heterocycles. The quantitative estimate of drug-likeness (QED) is 0.837. The summed E-state index contributed by atoms with van der Waals surface area (Å²) >= 11 is 5.68. The average molecular weight is 319 g/mol. The highest BCUT2D eigenvalue weighted by Crippen LogP contribution is 2.28. The molecule has 7 heteroatoms. The van der Waals surface area contributed by atoms with Gasteiger partial charge in [0.15, 0.2) is 5.82 Å². The summed E-state index contributed by atoms with van der Waals surface area (Å²) in [6.45, 7) is 2.59. The molecule has 0 aromatic heterocycles. The third-order valence-electron chi connectivity index (χ3n) is 4.08. The van der Waals surface area contributed by atoms with Gasteiger partial charge in [-0.15, -0.1) is 0 Å². The summed E-state index contributed by atoms with van der Waals surface area (Å²) in [5.74, 6) is -0.858. The van der Waals surface area contributed by atoms with Crippen molar-refractivity contribution in [3.8, 4) is 0 Å². The highest BCUT2D eigenvalue weighted by molar-refractivity contribution is 7.89. The van der Waals surface area contributed by atoms with Crippen molar-refractivity contribution < 1.29 is 12.8 Å². The molecule has 2 aliphatic heterocycles. The second-order valence-corrected chi connectivity index (χ2v) is 7.56. The number of fused-ring (bicyclic) bond motifs is 1. The molecule has 0 unspecified atom stereocenters. The van der Waals surface area contributed by atoms with Crippen LogP contribution < -0.4 is 0 Å². The molecule has 1 aromatic carbocycles. The number of hydrogen-bond acceptors (Lipinski definition) is 3. The molecule has 0 spiro atoms. The van der Waals surface area contributed by atoms with E-state index in [1.165, 1.54) is 22.5 Å². The number of rotatable bonds is 2. The zero-order chi connectivity index (χ0) is 14.3. The summed E-state index contributed by atoms with van der Waals surface area (Å²) in [6, 6.07) is 4.35. The first-order valence-electron chi connectivity index (χ1n) is 6.68. The minimum absolute atomic E-state index is 0.162. The molecular weight excluding hydrogens is 303 g/mol. The summed E-state index contributed by atoms with van der Waals surface area (Å²) in [5, 5.41) is -0.162. The van der Waals surface area contributed by atoms with Gasteiger partial charge in [-0.3, -0.25) is 4.90 Å². The van der Waals surface area contributed by atoms with Crippen LogP contribution in [0, 0.1) is 5.82 Å². The number of nitrogens with zero attached hydrogens (tertiary/aromatic N) is 2. The minimum atomic E-state index is -3.81. The summed E-state index contributed by atoms with van der Waals surface area (Å²) in [7, 11) is -3.81. The van der Waals surface area contributed by atoms with Gasteiger partial charge < -0.3 is 0 Å². The van der Waals surface area contributed by atoms with Crippen LogP contribution in [-0.2, 0) is 10.0 Å². The predicted molar refractivity (Wildman–Crippen MR) is 74.8 cm³/mol. The van der Waals surface area contributed by atoms with Gasteiger partial charge in [0.05, 0.1) is 5.02 Å². The van der Waals surface area contributed by atoms with Crippen LogP contribution in [0.25, 0.3) is 0 Å². The van der Waals surface area contributed by atoms with E-state index in [0.717, 1.165) is 19.4 Å². The molecule has 0 aliphatic carbocycles. The summed E-state index contributed by atoms with van der Waals surface area (Å²) in [6.07, 6.45) is 2.11. The largest absolute Gasteiger partial charge is 0.298 e. The Morgan fingerprint density at radius 3 is 2.85 bits per heavy atom. The Kier molecular flexibility index (Phi) is 3.75. The second-order valence-electron chi connectivity index (χ2n) is 5.25. The maximum Gasteiger partial charge on any atom is 0.246 e. The normalized spacial score (nSPS) is 24.8. The van der Waals surface area contributed by atoms with Gasteiger partial charge in [-0.05, 0) is 31.5 Å². The minimum Gasteiger partial charge on any atom is -0.298 e. The molecule has 1 aromatic rings. The van der Waals surface area contributed by atoms with E-state index >= 15 is 0 Å². The van der Waals surface area contributed by atoms with Crippen LogP contribution in [-0.4, -0.2) is 49.8 Å². The highest BCUT2D eigenvalue weighted by atomic mass is 35.5. The van der Waals surface area contributed by atoms with E-state index in [1.54, 1.807) is 0 Å². The second kappa shape index (κ2) is 5.26. The highest BCUT2D eigenvalue weighted by Gasteiger charge is 2.37. The molecule has 4 nitrogen and oxygen atoms in total. The lowest BCUT2D eigenvalue weighted by Crippen LogP contribution is -2.52. The van der Waals surface area contributed by atoms with E-state index in [2.05, 4.69) is 4.90 Å². The van der Waals surface area contributed by atoms with Gasteiger partial charge in [0.2, 0.25) is 10.0 Å². The van der Waals surface area contributed by atoms with Crippen LogP contribution in [0.2, 0.25) is 5.02 Å². The van der Waals surface area contributed by atoms with Gasteiger partial charge in [0.1, 0.15) is 4.90 Å². The fourth-order valence-electron chi connectivity index (χ4n) is 3.00. The lowest BCUT2D eigenvalue weighted by atomic mass is 10.2. The molecule has 3 rings (SSSR count). The van der Waals surface area contributed by atoms with E-state index in [9.17, 15) is 12.8 Å². The van der Waals surface area contributed by atoms with Gasteiger partial charge in [-0.2, -0.15) is 4.31 Å². The van der Waals surface area contributed by atoms with Crippen molar-refractivity contribution in [3.63, 3.8) is 0 Å². The monoisotopic (exact) mass is 318 g/mol. The molecular formula is C13H16ClFN2O2S. The van der Waals surface area contributed by atoms with E-state index < -0.39 is 15.8 Å². The van der Waals surface area contributed by atoms with E-state index in [0.29, 0.717) is 19.6 Å². The number of piperazine rings is 1. The van der Waals surface area contributed by atoms with Gasteiger partial charge in [-0.25, -0.2) is 12.8 Å². The van der Waals surface area contributed by atoms with Gasteiger partial charge in [0, 0.05) is 25.7 Å². The lowest BCUT2D eigenvalue weighted by Gasteiger charge is -2.36. The fraction of sp³-hybridized carbons (Fsp3) is 0.538. The van der Waals surface area contributed by atoms with E-state index in [4.69, 9.17) is 11.6 Å². The molecule has 1 atom stereocenters. The average Bonchev–Trinajstić information content (AvgIpc) is 2.89. The van der Waals surface area contributed by atoms with Gasteiger partial charge >= 0.3 is 0 Å². The maximum atomic E-state index is 14.0. The van der Waals surface area contributed by atoms with E-state index in [1.807, 2.05) is 0 Å². The third-order valence-corrected chi connectivity index (χ3v) is 6.26. The predicted octanol–water partition coefficient (Wildman–Crippen LogP) is 1.95. The SMILES string of the molecule is O=S(=O)(c1cccc(Cl)c1F)N1CCN2CCC[C@@H]2C1. The number of halogens is 2. The van der Waals surface area contributed by atoms with Crippen molar-refractivity contribution in [2.45, 2.75) is 23.8 Å². The molecule has 20 heavy (non-hydrogen) atoms. The Balaban J connectivity index is 1.90. The first-order valence-corrected chi connectivity index (χ1v) is 8.50. The molecule has 0 N–H and O–H groups in total. The Labute approximate surface area is 123 Å². The third kappa shape index (κ3) is 2.35. The zero-order valence-corrected chi connectivity index (χ0v) is 12.5. The van der Waals surface area contributed by atoms with Crippen LogP contribution in [0.3, 0.4) is 0 Å². The molecule has 0 radical (unpaired) electrons. The molecule has 0 amide bonds. The van der Waals surface area contributed by atoms with Gasteiger partial charge in [-0.1, -0.05) is 17.7 Å². The van der Waals surface area contributed by atoms with Gasteiger partial charge in [0.25, 0.3) is 0 Å². The molecule has 0 bridgehead atoms. The summed E-state index contributed by atoms with van der Waals surface area (Å²) in [5.41, 5.74) is 0. The summed E-state index contributed by atoms with van der Waals surface area (Å²) in [4.78, 5) is 1.98. The van der Waals surface area contributed by atoms with Crippen molar-refractivity contribution in [3.05, 3.63) is 29.0 Å². The zero-order valence-electron chi connectivity index (χ0n) is 10.9. The van der Waals surface area contributed by atoms with Crippen molar-refractivity contribution in [2.24, 2.45) is 0 Å². The molecule has 0 saturated carbocycles. The van der Waals surface area contributed by atoms with Crippen LogP contribution in [0.4, 0.5) is 4.39 Å². The molecule has 2 aliphatic rings.